The maximum atomic E-state index is 5.66. The van der Waals surface area contributed by atoms with Crippen molar-refractivity contribution in [2.75, 3.05) is 11.9 Å². The van der Waals surface area contributed by atoms with Crippen LogP contribution in [0.2, 0.25) is 5.02 Å². The summed E-state index contributed by atoms with van der Waals surface area (Å²) in [5.41, 5.74) is 5.55. The Bertz CT molecular complexity index is 233. The van der Waals surface area contributed by atoms with Gasteiger partial charge >= 0.3 is 0 Å². The molecule has 0 bridgehead atoms. The lowest BCUT2D eigenvalue weighted by atomic mass is 10.3. The van der Waals surface area contributed by atoms with E-state index in [9.17, 15) is 0 Å². The molecule has 0 radical (unpaired) electrons. The lowest BCUT2D eigenvalue weighted by molar-refractivity contribution is 0.777. The van der Waals surface area contributed by atoms with Crippen LogP contribution in [0.5, 0.6) is 0 Å². The van der Waals surface area contributed by atoms with Gasteiger partial charge in [0.05, 0.1) is 5.02 Å². The monoisotopic (exact) mass is 185 g/mol. The third-order valence-electron chi connectivity index (χ3n) is 1.33. The van der Waals surface area contributed by atoms with Gasteiger partial charge in [0.25, 0.3) is 0 Å². The van der Waals surface area contributed by atoms with E-state index in [1.54, 1.807) is 12.3 Å². The molecule has 0 aliphatic rings. The minimum Gasteiger partial charge on any atom is -0.369 e. The van der Waals surface area contributed by atoms with Crippen molar-refractivity contribution in [2.45, 2.75) is 13.0 Å². The Morgan fingerprint density at radius 2 is 2.42 bits per heavy atom. The highest BCUT2D eigenvalue weighted by molar-refractivity contribution is 6.30. The van der Waals surface area contributed by atoms with Crippen LogP contribution in [-0.2, 0) is 0 Å². The Balaban J connectivity index is 2.48. The van der Waals surface area contributed by atoms with Gasteiger partial charge in [-0.15, -0.1) is 0 Å². The number of nitrogens with one attached hydrogen (secondary N) is 1. The van der Waals surface area contributed by atoms with Crippen LogP contribution in [-0.4, -0.2) is 17.6 Å². The zero-order chi connectivity index (χ0) is 8.97. The minimum atomic E-state index is 0.127. The maximum absolute atomic E-state index is 5.66. The van der Waals surface area contributed by atoms with Gasteiger partial charge < -0.3 is 11.1 Å². The molecule has 3 nitrogen and oxygen atoms in total. The number of anilines is 1. The molecule has 1 aromatic rings. The molecule has 1 unspecified atom stereocenters. The molecule has 0 amide bonds. The van der Waals surface area contributed by atoms with E-state index in [2.05, 4.69) is 10.3 Å². The molecule has 4 heteroatoms. The molecule has 0 aromatic carbocycles. The first-order chi connectivity index (χ1) is 5.68. The van der Waals surface area contributed by atoms with Crippen molar-refractivity contribution >= 4 is 17.4 Å². The molecule has 1 atom stereocenters. The molecule has 0 fully saturated rings. The van der Waals surface area contributed by atoms with Crippen LogP contribution in [0.4, 0.5) is 5.82 Å². The predicted octanol–water partition coefficient (Wildman–Crippen LogP) is 1.49. The first-order valence-electron chi connectivity index (χ1n) is 3.79. The SMILES string of the molecule is CC(N)CNc1ccc(Cl)cn1. The Kier molecular flexibility index (Phi) is 3.31. The van der Waals surface area contributed by atoms with Crippen LogP contribution in [0, 0.1) is 0 Å². The highest BCUT2D eigenvalue weighted by Crippen LogP contribution is 2.08. The van der Waals surface area contributed by atoms with E-state index >= 15 is 0 Å². The van der Waals surface area contributed by atoms with Crippen LogP contribution in [0.15, 0.2) is 18.3 Å². The largest absolute Gasteiger partial charge is 0.369 e. The van der Waals surface area contributed by atoms with Crippen molar-refractivity contribution in [3.63, 3.8) is 0 Å². The van der Waals surface area contributed by atoms with E-state index < -0.39 is 0 Å². The predicted molar refractivity (Wildman–Crippen MR) is 51.4 cm³/mol. The average molecular weight is 186 g/mol. The summed E-state index contributed by atoms with van der Waals surface area (Å²) in [7, 11) is 0. The summed E-state index contributed by atoms with van der Waals surface area (Å²) in [5.74, 6) is 0.803. The molecule has 1 heterocycles. The fourth-order valence-electron chi connectivity index (χ4n) is 0.746. The Morgan fingerprint density at radius 1 is 1.67 bits per heavy atom. The number of hydrogen-bond donors (Lipinski definition) is 2. The summed E-state index contributed by atoms with van der Waals surface area (Å²) in [6, 6.07) is 3.74. The quantitative estimate of drug-likeness (QED) is 0.751. The number of nitrogens with two attached hydrogens (primary N) is 1. The summed E-state index contributed by atoms with van der Waals surface area (Å²) in [6.45, 7) is 2.65. The highest BCUT2D eigenvalue weighted by Gasteiger charge is 1.95. The Labute approximate surface area is 76.9 Å². The van der Waals surface area contributed by atoms with Gasteiger partial charge in [-0.05, 0) is 19.1 Å². The summed E-state index contributed by atoms with van der Waals surface area (Å²) < 4.78 is 0. The second kappa shape index (κ2) is 4.28. The fourth-order valence-corrected chi connectivity index (χ4v) is 0.858. The van der Waals surface area contributed by atoms with E-state index in [1.165, 1.54) is 0 Å². The minimum absolute atomic E-state index is 0.127. The lowest BCUT2D eigenvalue weighted by Gasteiger charge is -2.07. The zero-order valence-corrected chi connectivity index (χ0v) is 7.67. The molecule has 0 saturated carbocycles. The molecule has 0 aliphatic carbocycles. The number of pyridine rings is 1. The van der Waals surface area contributed by atoms with Crippen molar-refractivity contribution < 1.29 is 0 Å². The smallest absolute Gasteiger partial charge is 0.126 e. The number of rotatable bonds is 3. The summed E-state index contributed by atoms with van der Waals surface area (Å²) >= 11 is 5.66. The fraction of sp³-hybridized carbons (Fsp3) is 0.375. The van der Waals surface area contributed by atoms with Crippen molar-refractivity contribution in [1.29, 1.82) is 0 Å². The van der Waals surface area contributed by atoms with Gasteiger partial charge in [0.2, 0.25) is 0 Å². The molecular formula is C8H12ClN3. The summed E-state index contributed by atoms with van der Waals surface area (Å²) in [4.78, 5) is 4.05. The standard InChI is InChI=1S/C8H12ClN3/c1-6(10)4-11-8-3-2-7(9)5-12-8/h2-3,5-6H,4,10H2,1H3,(H,11,12). The van der Waals surface area contributed by atoms with E-state index in [0.29, 0.717) is 11.6 Å². The second-order valence-electron chi connectivity index (χ2n) is 2.72. The molecule has 0 saturated heterocycles. The normalized spacial score (nSPS) is 12.6. The van der Waals surface area contributed by atoms with Gasteiger partial charge in [-0.25, -0.2) is 4.98 Å². The molecule has 66 valence electrons. The van der Waals surface area contributed by atoms with E-state index in [0.717, 1.165) is 5.82 Å². The van der Waals surface area contributed by atoms with Gasteiger partial charge in [0.15, 0.2) is 0 Å². The van der Waals surface area contributed by atoms with Gasteiger partial charge in [-0.3, -0.25) is 0 Å². The molecule has 0 aliphatic heterocycles. The molecular weight excluding hydrogens is 174 g/mol. The van der Waals surface area contributed by atoms with Crippen molar-refractivity contribution in [1.82, 2.24) is 4.98 Å². The highest BCUT2D eigenvalue weighted by atomic mass is 35.5. The Morgan fingerprint density at radius 3 is 2.92 bits per heavy atom. The molecule has 3 N–H and O–H groups in total. The summed E-state index contributed by atoms with van der Waals surface area (Å²) in [5, 5.41) is 3.72. The van der Waals surface area contributed by atoms with Crippen LogP contribution >= 0.6 is 11.6 Å². The first kappa shape index (κ1) is 9.29. The van der Waals surface area contributed by atoms with Crippen LogP contribution in [0.1, 0.15) is 6.92 Å². The van der Waals surface area contributed by atoms with Crippen molar-refractivity contribution in [3.8, 4) is 0 Å². The molecule has 12 heavy (non-hydrogen) atoms. The van der Waals surface area contributed by atoms with Gasteiger partial charge in [0, 0.05) is 18.8 Å². The van der Waals surface area contributed by atoms with Crippen molar-refractivity contribution in [3.05, 3.63) is 23.4 Å². The topological polar surface area (TPSA) is 50.9 Å². The third kappa shape index (κ3) is 3.07. The molecule has 1 aromatic heterocycles. The van der Waals surface area contributed by atoms with Gasteiger partial charge in [0.1, 0.15) is 5.82 Å². The molecule has 1 rings (SSSR count). The lowest BCUT2D eigenvalue weighted by Crippen LogP contribution is -2.25. The molecule has 0 spiro atoms. The zero-order valence-electron chi connectivity index (χ0n) is 6.92. The first-order valence-corrected chi connectivity index (χ1v) is 4.17. The Hall–Kier alpha value is -0.800. The van der Waals surface area contributed by atoms with E-state index in [4.69, 9.17) is 17.3 Å². The number of nitrogens with zero attached hydrogens (tertiary/aromatic N) is 1. The van der Waals surface area contributed by atoms with E-state index in [-0.39, 0.29) is 6.04 Å². The number of aromatic nitrogens is 1. The maximum Gasteiger partial charge on any atom is 0.126 e. The van der Waals surface area contributed by atoms with Crippen molar-refractivity contribution in [2.24, 2.45) is 5.73 Å². The van der Waals surface area contributed by atoms with Crippen LogP contribution in [0.3, 0.4) is 0 Å². The second-order valence-corrected chi connectivity index (χ2v) is 3.16. The van der Waals surface area contributed by atoms with E-state index in [1.807, 2.05) is 13.0 Å². The number of halogens is 1. The average Bonchev–Trinajstić information content (AvgIpc) is 2.03. The van der Waals surface area contributed by atoms with Gasteiger partial charge in [-0.1, -0.05) is 11.6 Å². The summed E-state index contributed by atoms with van der Waals surface area (Å²) in [6.07, 6.45) is 1.60. The third-order valence-corrected chi connectivity index (χ3v) is 1.56. The van der Waals surface area contributed by atoms with Crippen LogP contribution in [0.25, 0.3) is 0 Å². The number of hydrogen-bond acceptors (Lipinski definition) is 3. The van der Waals surface area contributed by atoms with Gasteiger partial charge in [-0.2, -0.15) is 0 Å². The van der Waals surface area contributed by atoms with Crippen LogP contribution < -0.4 is 11.1 Å².